The van der Waals surface area contributed by atoms with Crippen LogP contribution in [0.4, 0.5) is 9.59 Å². The predicted octanol–water partition coefficient (Wildman–Crippen LogP) is 0.738. The van der Waals surface area contributed by atoms with Gasteiger partial charge in [0.15, 0.2) is 0 Å². The predicted molar refractivity (Wildman–Crippen MR) is 85.8 cm³/mol. The topological polar surface area (TPSA) is 108 Å². The van der Waals surface area contributed by atoms with Gasteiger partial charge in [-0.3, -0.25) is 9.69 Å². The Morgan fingerprint density at radius 3 is 2.46 bits per heavy atom. The van der Waals surface area contributed by atoms with Gasteiger partial charge in [-0.05, 0) is 27.7 Å². The molecule has 1 saturated heterocycles. The van der Waals surface area contributed by atoms with E-state index in [4.69, 9.17) is 14.6 Å². The zero-order valence-corrected chi connectivity index (χ0v) is 14.7. The molecule has 24 heavy (non-hydrogen) atoms. The van der Waals surface area contributed by atoms with E-state index in [1.54, 1.807) is 27.7 Å². The molecule has 1 aliphatic rings. The summed E-state index contributed by atoms with van der Waals surface area (Å²) in [5.74, 6) is -0.458. The highest BCUT2D eigenvalue weighted by Gasteiger charge is 2.35. The third-order valence-corrected chi connectivity index (χ3v) is 3.39. The van der Waals surface area contributed by atoms with Crippen LogP contribution in [0, 0.1) is 0 Å². The lowest BCUT2D eigenvalue weighted by molar-refractivity contribution is -0.151. The fourth-order valence-corrected chi connectivity index (χ4v) is 2.34. The van der Waals surface area contributed by atoms with Crippen LogP contribution in [0.1, 0.15) is 27.7 Å². The number of hydrogen-bond acceptors (Lipinski definition) is 6. The minimum atomic E-state index is -1.06. The highest BCUT2D eigenvalue weighted by atomic mass is 16.6. The summed E-state index contributed by atoms with van der Waals surface area (Å²) in [5.41, 5.74) is -0.579. The highest BCUT2D eigenvalue weighted by Crippen LogP contribution is 2.12. The molecular weight excluding hydrogens is 318 g/mol. The minimum absolute atomic E-state index is 0.0562. The summed E-state index contributed by atoms with van der Waals surface area (Å²) in [5, 5.41) is 11.7. The Labute approximate surface area is 141 Å². The molecule has 0 bridgehead atoms. The van der Waals surface area contributed by atoms with Crippen molar-refractivity contribution < 1.29 is 29.0 Å². The molecule has 0 aromatic rings. The van der Waals surface area contributed by atoms with Crippen molar-refractivity contribution in [2.75, 3.05) is 39.3 Å². The van der Waals surface area contributed by atoms with Crippen molar-refractivity contribution in [3.05, 3.63) is 0 Å². The molecular formula is C15H27N3O6. The number of hydrogen-bond donors (Lipinski definition) is 2. The van der Waals surface area contributed by atoms with Crippen LogP contribution in [0.5, 0.6) is 0 Å². The lowest BCUT2D eigenvalue weighted by Crippen LogP contribution is -2.59. The SMILES string of the molecule is CCOC(=O)C1CN(C(=O)O)CCN1CCNC(=O)OC(C)(C)C. The number of amides is 2. The zero-order valence-electron chi connectivity index (χ0n) is 14.7. The number of nitrogens with zero attached hydrogens (tertiary/aromatic N) is 2. The first-order valence-electron chi connectivity index (χ1n) is 7.99. The molecule has 9 nitrogen and oxygen atoms in total. The van der Waals surface area contributed by atoms with Gasteiger partial charge in [-0.2, -0.15) is 0 Å². The molecule has 0 aliphatic carbocycles. The zero-order chi connectivity index (χ0) is 18.3. The second kappa shape index (κ2) is 8.72. The van der Waals surface area contributed by atoms with Crippen molar-refractivity contribution in [3.8, 4) is 0 Å². The van der Waals surface area contributed by atoms with E-state index >= 15 is 0 Å². The van der Waals surface area contributed by atoms with Gasteiger partial charge in [0.2, 0.25) is 0 Å². The quantitative estimate of drug-likeness (QED) is 0.707. The maximum Gasteiger partial charge on any atom is 0.407 e. The number of esters is 1. The molecule has 0 aromatic carbocycles. The molecule has 0 spiro atoms. The molecule has 1 atom stereocenters. The van der Waals surface area contributed by atoms with E-state index in [0.717, 1.165) is 0 Å². The van der Waals surface area contributed by atoms with Gasteiger partial charge < -0.3 is 24.8 Å². The maximum absolute atomic E-state index is 12.1. The standard InChI is InChI=1S/C15H27N3O6/c1-5-23-12(19)11-10-18(14(21)22)9-8-17(11)7-6-16-13(20)24-15(2,3)4/h11H,5-10H2,1-4H3,(H,16,20)(H,21,22). The molecule has 2 N–H and O–H groups in total. The van der Waals surface area contributed by atoms with Crippen molar-refractivity contribution in [1.82, 2.24) is 15.1 Å². The largest absolute Gasteiger partial charge is 0.465 e. The van der Waals surface area contributed by atoms with E-state index in [9.17, 15) is 14.4 Å². The number of piperazine rings is 1. The summed E-state index contributed by atoms with van der Waals surface area (Å²) in [7, 11) is 0. The van der Waals surface area contributed by atoms with E-state index in [0.29, 0.717) is 19.6 Å². The molecule has 1 rings (SSSR count). The number of carbonyl (C=O) groups excluding carboxylic acids is 2. The Kier molecular flexibility index (Phi) is 7.27. The Balaban J connectivity index is 2.55. The van der Waals surface area contributed by atoms with E-state index < -0.39 is 29.8 Å². The molecule has 1 fully saturated rings. The van der Waals surface area contributed by atoms with Gasteiger partial charge in [-0.25, -0.2) is 9.59 Å². The van der Waals surface area contributed by atoms with Crippen molar-refractivity contribution in [2.45, 2.75) is 39.3 Å². The van der Waals surface area contributed by atoms with Gasteiger partial charge in [0.05, 0.1) is 13.2 Å². The van der Waals surface area contributed by atoms with E-state index in [2.05, 4.69) is 5.32 Å². The van der Waals surface area contributed by atoms with Crippen molar-refractivity contribution in [2.24, 2.45) is 0 Å². The number of carbonyl (C=O) groups is 3. The molecule has 1 unspecified atom stereocenters. The Hall–Kier alpha value is -2.03. The molecule has 0 radical (unpaired) electrons. The lowest BCUT2D eigenvalue weighted by atomic mass is 10.1. The normalized spacial score (nSPS) is 18.8. The van der Waals surface area contributed by atoms with E-state index in [-0.39, 0.29) is 19.7 Å². The molecule has 0 saturated carbocycles. The van der Waals surface area contributed by atoms with Crippen molar-refractivity contribution >= 4 is 18.2 Å². The average Bonchev–Trinajstić information content (AvgIpc) is 2.45. The summed E-state index contributed by atoms with van der Waals surface area (Å²) in [4.78, 5) is 37.8. The Morgan fingerprint density at radius 2 is 1.92 bits per heavy atom. The van der Waals surface area contributed by atoms with Crippen LogP contribution in [-0.4, -0.2) is 84.0 Å². The summed E-state index contributed by atoms with van der Waals surface area (Å²) >= 11 is 0. The number of nitrogens with one attached hydrogen (secondary N) is 1. The molecule has 0 aromatic heterocycles. The molecule has 1 heterocycles. The maximum atomic E-state index is 12.1. The lowest BCUT2D eigenvalue weighted by Gasteiger charge is -2.38. The Morgan fingerprint density at radius 1 is 1.25 bits per heavy atom. The molecule has 1 aliphatic heterocycles. The fourth-order valence-electron chi connectivity index (χ4n) is 2.34. The highest BCUT2D eigenvalue weighted by molar-refractivity contribution is 5.77. The first-order chi connectivity index (χ1) is 11.1. The first kappa shape index (κ1) is 20.0. The third kappa shape index (κ3) is 6.61. The number of carboxylic acid groups (broad SMARTS) is 1. The van der Waals surface area contributed by atoms with Crippen LogP contribution in [0.2, 0.25) is 0 Å². The number of alkyl carbamates (subject to hydrolysis) is 1. The van der Waals surface area contributed by atoms with Crippen LogP contribution in [0.3, 0.4) is 0 Å². The minimum Gasteiger partial charge on any atom is -0.465 e. The van der Waals surface area contributed by atoms with Crippen LogP contribution < -0.4 is 5.32 Å². The summed E-state index contributed by atoms with van der Waals surface area (Å²) < 4.78 is 10.2. The first-order valence-corrected chi connectivity index (χ1v) is 7.99. The van der Waals surface area contributed by atoms with Crippen LogP contribution in [0.25, 0.3) is 0 Å². The monoisotopic (exact) mass is 345 g/mol. The second-order valence-corrected chi connectivity index (χ2v) is 6.46. The molecule has 138 valence electrons. The van der Waals surface area contributed by atoms with Gasteiger partial charge in [0.25, 0.3) is 0 Å². The van der Waals surface area contributed by atoms with Gasteiger partial charge in [0, 0.05) is 26.2 Å². The Bertz CT molecular complexity index is 463. The summed E-state index contributed by atoms with van der Waals surface area (Å²) in [6, 6.07) is -0.671. The van der Waals surface area contributed by atoms with Gasteiger partial charge in [-0.15, -0.1) is 0 Å². The summed E-state index contributed by atoms with van der Waals surface area (Å²) in [6.07, 6.45) is -1.59. The second-order valence-electron chi connectivity index (χ2n) is 6.46. The van der Waals surface area contributed by atoms with Crippen molar-refractivity contribution in [3.63, 3.8) is 0 Å². The van der Waals surface area contributed by atoms with E-state index in [1.165, 1.54) is 4.90 Å². The van der Waals surface area contributed by atoms with E-state index in [1.807, 2.05) is 4.90 Å². The average molecular weight is 345 g/mol. The number of ether oxygens (including phenoxy) is 2. The molecule has 9 heteroatoms. The molecule has 2 amide bonds. The smallest absolute Gasteiger partial charge is 0.407 e. The number of rotatable bonds is 5. The van der Waals surface area contributed by atoms with Crippen LogP contribution >= 0.6 is 0 Å². The van der Waals surface area contributed by atoms with Gasteiger partial charge in [-0.1, -0.05) is 0 Å². The summed E-state index contributed by atoms with van der Waals surface area (Å²) in [6.45, 7) is 8.69. The van der Waals surface area contributed by atoms with Gasteiger partial charge >= 0.3 is 18.2 Å². The van der Waals surface area contributed by atoms with Crippen molar-refractivity contribution in [1.29, 1.82) is 0 Å². The fraction of sp³-hybridized carbons (Fsp3) is 0.800. The van der Waals surface area contributed by atoms with Crippen LogP contribution in [0.15, 0.2) is 0 Å². The third-order valence-electron chi connectivity index (χ3n) is 3.39. The van der Waals surface area contributed by atoms with Gasteiger partial charge in [0.1, 0.15) is 11.6 Å². The van der Waals surface area contributed by atoms with Crippen LogP contribution in [-0.2, 0) is 14.3 Å².